The SMILES string of the molecule is O=C(CSc1ccc(O)cc1)N1CCNC1=O. The summed E-state index contributed by atoms with van der Waals surface area (Å²) in [5.74, 6) is 0.218. The summed E-state index contributed by atoms with van der Waals surface area (Å²) in [4.78, 5) is 25.0. The lowest BCUT2D eigenvalue weighted by molar-refractivity contribution is -0.124. The van der Waals surface area contributed by atoms with E-state index in [1.54, 1.807) is 24.3 Å². The standard InChI is InChI=1S/C11H12N2O3S/c14-8-1-3-9(4-2-8)17-7-10(15)13-6-5-12-11(13)16/h1-4,14H,5-7H2,(H,12,16). The van der Waals surface area contributed by atoms with Crippen LogP contribution in [0, 0.1) is 0 Å². The van der Waals surface area contributed by atoms with Gasteiger partial charge in [0.25, 0.3) is 0 Å². The van der Waals surface area contributed by atoms with Gasteiger partial charge in [-0.25, -0.2) is 4.79 Å². The molecule has 0 unspecified atom stereocenters. The molecule has 17 heavy (non-hydrogen) atoms. The van der Waals surface area contributed by atoms with Gasteiger partial charge < -0.3 is 10.4 Å². The van der Waals surface area contributed by atoms with Crippen LogP contribution in [0.1, 0.15) is 0 Å². The molecular formula is C11H12N2O3S. The van der Waals surface area contributed by atoms with E-state index in [4.69, 9.17) is 5.11 Å². The van der Waals surface area contributed by atoms with Gasteiger partial charge in [-0.2, -0.15) is 0 Å². The van der Waals surface area contributed by atoms with E-state index in [-0.39, 0.29) is 23.4 Å². The van der Waals surface area contributed by atoms with Gasteiger partial charge in [-0.15, -0.1) is 11.8 Å². The molecule has 0 aliphatic carbocycles. The predicted molar refractivity (Wildman–Crippen MR) is 63.9 cm³/mol. The number of hydrogen-bond acceptors (Lipinski definition) is 4. The van der Waals surface area contributed by atoms with Gasteiger partial charge in [0.15, 0.2) is 0 Å². The second kappa shape index (κ2) is 5.09. The second-order valence-corrected chi connectivity index (χ2v) is 4.61. The number of nitrogens with zero attached hydrogens (tertiary/aromatic N) is 1. The Labute approximate surface area is 103 Å². The van der Waals surface area contributed by atoms with E-state index >= 15 is 0 Å². The Balaban J connectivity index is 1.87. The van der Waals surface area contributed by atoms with Crippen LogP contribution >= 0.6 is 11.8 Å². The summed E-state index contributed by atoms with van der Waals surface area (Å²) >= 11 is 1.34. The van der Waals surface area contributed by atoms with Crippen LogP contribution in [-0.2, 0) is 4.79 Å². The largest absolute Gasteiger partial charge is 0.508 e. The van der Waals surface area contributed by atoms with Crippen molar-refractivity contribution in [2.75, 3.05) is 18.8 Å². The third-order valence-electron chi connectivity index (χ3n) is 2.36. The average molecular weight is 252 g/mol. The highest BCUT2D eigenvalue weighted by atomic mass is 32.2. The molecule has 1 aliphatic rings. The second-order valence-electron chi connectivity index (χ2n) is 3.56. The van der Waals surface area contributed by atoms with Crippen molar-refractivity contribution in [1.29, 1.82) is 0 Å². The van der Waals surface area contributed by atoms with Crippen molar-refractivity contribution in [2.24, 2.45) is 0 Å². The Morgan fingerprint density at radius 2 is 2.12 bits per heavy atom. The lowest BCUT2D eigenvalue weighted by Crippen LogP contribution is -2.35. The maximum absolute atomic E-state index is 11.7. The summed E-state index contributed by atoms with van der Waals surface area (Å²) < 4.78 is 0. The minimum atomic E-state index is -0.318. The molecule has 1 aromatic carbocycles. The molecule has 0 radical (unpaired) electrons. The smallest absolute Gasteiger partial charge is 0.324 e. The molecule has 2 N–H and O–H groups in total. The Morgan fingerprint density at radius 3 is 2.71 bits per heavy atom. The number of urea groups is 1. The molecule has 3 amide bonds. The van der Waals surface area contributed by atoms with E-state index in [1.165, 1.54) is 16.7 Å². The van der Waals surface area contributed by atoms with Crippen molar-refractivity contribution in [3.05, 3.63) is 24.3 Å². The number of hydrogen-bond donors (Lipinski definition) is 2. The van der Waals surface area contributed by atoms with Crippen LogP contribution in [0.25, 0.3) is 0 Å². The van der Waals surface area contributed by atoms with Crippen molar-refractivity contribution in [3.8, 4) is 5.75 Å². The first-order valence-corrected chi connectivity index (χ1v) is 6.15. The van der Waals surface area contributed by atoms with Crippen LogP contribution in [0.4, 0.5) is 4.79 Å². The van der Waals surface area contributed by atoms with Crippen LogP contribution in [-0.4, -0.2) is 40.8 Å². The first-order valence-electron chi connectivity index (χ1n) is 5.17. The topological polar surface area (TPSA) is 69.6 Å². The maximum atomic E-state index is 11.7. The van der Waals surface area contributed by atoms with Gasteiger partial charge in [-0.05, 0) is 24.3 Å². The fraction of sp³-hybridized carbons (Fsp3) is 0.273. The number of phenols is 1. The molecule has 90 valence electrons. The number of rotatable bonds is 3. The fourth-order valence-corrected chi connectivity index (χ4v) is 2.25. The molecule has 1 fully saturated rings. The van der Waals surface area contributed by atoms with Gasteiger partial charge in [0, 0.05) is 18.0 Å². The summed E-state index contributed by atoms with van der Waals surface area (Å²) in [6.07, 6.45) is 0. The quantitative estimate of drug-likeness (QED) is 0.788. The van der Waals surface area contributed by atoms with Crippen molar-refractivity contribution in [2.45, 2.75) is 4.90 Å². The van der Waals surface area contributed by atoms with Crippen molar-refractivity contribution in [3.63, 3.8) is 0 Å². The number of aromatic hydroxyl groups is 1. The van der Waals surface area contributed by atoms with E-state index in [1.807, 2.05) is 0 Å². The number of carbonyl (C=O) groups excluding carboxylic acids is 2. The number of benzene rings is 1. The minimum absolute atomic E-state index is 0.194. The third kappa shape index (κ3) is 2.91. The van der Waals surface area contributed by atoms with Crippen molar-refractivity contribution < 1.29 is 14.7 Å². The van der Waals surface area contributed by atoms with E-state index in [0.29, 0.717) is 13.1 Å². The van der Waals surface area contributed by atoms with E-state index < -0.39 is 0 Å². The van der Waals surface area contributed by atoms with Crippen LogP contribution in [0.15, 0.2) is 29.2 Å². The molecule has 1 aliphatic heterocycles. The molecule has 5 nitrogen and oxygen atoms in total. The Bertz CT molecular complexity index is 433. The number of carbonyl (C=O) groups is 2. The Kier molecular flexibility index (Phi) is 3.53. The molecule has 1 aromatic rings. The van der Waals surface area contributed by atoms with Gasteiger partial charge in [0.2, 0.25) is 5.91 Å². The molecule has 2 rings (SSSR count). The molecule has 6 heteroatoms. The molecule has 1 heterocycles. The first kappa shape index (κ1) is 11.8. The molecular weight excluding hydrogens is 240 g/mol. The van der Waals surface area contributed by atoms with Crippen LogP contribution < -0.4 is 5.32 Å². The average Bonchev–Trinajstić information content (AvgIpc) is 2.74. The molecule has 1 saturated heterocycles. The maximum Gasteiger partial charge on any atom is 0.324 e. The summed E-state index contributed by atoms with van der Waals surface area (Å²) in [5.41, 5.74) is 0. The van der Waals surface area contributed by atoms with E-state index in [9.17, 15) is 9.59 Å². The third-order valence-corrected chi connectivity index (χ3v) is 3.35. The van der Waals surface area contributed by atoms with Crippen LogP contribution in [0.3, 0.4) is 0 Å². The first-order chi connectivity index (χ1) is 8.16. The lowest BCUT2D eigenvalue weighted by Gasteiger charge is -2.11. The molecule has 0 aromatic heterocycles. The Hall–Kier alpha value is -1.69. The van der Waals surface area contributed by atoms with Gasteiger partial charge in [-0.3, -0.25) is 9.69 Å². The minimum Gasteiger partial charge on any atom is -0.508 e. The normalized spacial score (nSPS) is 14.8. The highest BCUT2D eigenvalue weighted by Gasteiger charge is 2.25. The summed E-state index contributed by atoms with van der Waals surface area (Å²) in [7, 11) is 0. The van der Waals surface area contributed by atoms with Gasteiger partial charge in [0.05, 0.1) is 5.75 Å². The fourth-order valence-electron chi connectivity index (χ4n) is 1.47. The molecule has 0 atom stereocenters. The van der Waals surface area contributed by atoms with Crippen LogP contribution in [0.2, 0.25) is 0 Å². The predicted octanol–water partition coefficient (Wildman–Crippen LogP) is 1.04. The summed E-state index contributed by atoms with van der Waals surface area (Å²) in [6, 6.07) is 6.28. The number of thioether (sulfide) groups is 1. The van der Waals surface area contributed by atoms with Gasteiger partial charge in [-0.1, -0.05) is 0 Å². The van der Waals surface area contributed by atoms with Crippen molar-refractivity contribution in [1.82, 2.24) is 10.2 Å². The number of nitrogens with one attached hydrogen (secondary N) is 1. The highest BCUT2D eigenvalue weighted by molar-refractivity contribution is 8.00. The van der Waals surface area contributed by atoms with Crippen LogP contribution in [0.5, 0.6) is 5.75 Å². The number of phenolic OH excluding ortho intramolecular Hbond substituents is 1. The zero-order valence-electron chi connectivity index (χ0n) is 9.05. The lowest BCUT2D eigenvalue weighted by atomic mass is 10.3. The van der Waals surface area contributed by atoms with Crippen molar-refractivity contribution >= 4 is 23.7 Å². The molecule has 0 saturated carbocycles. The Morgan fingerprint density at radius 1 is 1.41 bits per heavy atom. The van der Waals surface area contributed by atoms with E-state index in [0.717, 1.165) is 4.90 Å². The number of imide groups is 1. The number of amides is 3. The zero-order valence-corrected chi connectivity index (χ0v) is 9.87. The van der Waals surface area contributed by atoms with E-state index in [2.05, 4.69) is 5.32 Å². The zero-order chi connectivity index (χ0) is 12.3. The van der Waals surface area contributed by atoms with Gasteiger partial charge >= 0.3 is 6.03 Å². The monoisotopic (exact) mass is 252 g/mol. The highest BCUT2D eigenvalue weighted by Crippen LogP contribution is 2.21. The summed E-state index contributed by atoms with van der Waals surface area (Å²) in [5, 5.41) is 11.7. The molecule has 0 spiro atoms. The molecule has 0 bridgehead atoms. The summed E-state index contributed by atoms with van der Waals surface area (Å²) in [6.45, 7) is 0.961. The van der Waals surface area contributed by atoms with Gasteiger partial charge in [0.1, 0.15) is 5.75 Å².